The van der Waals surface area contributed by atoms with Crippen molar-refractivity contribution in [3.63, 3.8) is 0 Å². The third-order valence-corrected chi connectivity index (χ3v) is 5.57. The lowest BCUT2D eigenvalue weighted by atomic mass is 9.98. The number of amides is 1. The zero-order chi connectivity index (χ0) is 19.7. The third kappa shape index (κ3) is 3.34. The van der Waals surface area contributed by atoms with Gasteiger partial charge in [0.1, 0.15) is 11.6 Å². The number of fused-ring (bicyclic) bond motifs is 3. The van der Waals surface area contributed by atoms with Crippen LogP contribution in [0.2, 0.25) is 0 Å². The van der Waals surface area contributed by atoms with Crippen molar-refractivity contribution < 1.29 is 19.4 Å². The van der Waals surface area contributed by atoms with Crippen molar-refractivity contribution in [3.8, 4) is 11.1 Å². The van der Waals surface area contributed by atoms with Gasteiger partial charge in [0.05, 0.1) is 6.54 Å². The van der Waals surface area contributed by atoms with Crippen molar-refractivity contribution in [1.82, 2.24) is 15.1 Å². The van der Waals surface area contributed by atoms with Gasteiger partial charge in [-0.15, -0.1) is 10.2 Å². The molecule has 1 heterocycles. The summed E-state index contributed by atoms with van der Waals surface area (Å²) >= 11 is 0.940. The van der Waals surface area contributed by atoms with E-state index >= 15 is 0 Å². The molecule has 1 aliphatic rings. The van der Waals surface area contributed by atoms with Crippen molar-refractivity contribution in [1.29, 1.82) is 0 Å². The number of hydrogen-bond acceptors (Lipinski definition) is 6. The van der Waals surface area contributed by atoms with Gasteiger partial charge in [-0.25, -0.2) is 9.59 Å². The maximum absolute atomic E-state index is 12.4. The Morgan fingerprint density at radius 3 is 2.25 bits per heavy atom. The Morgan fingerprint density at radius 1 is 1.07 bits per heavy atom. The van der Waals surface area contributed by atoms with E-state index in [-0.39, 0.29) is 24.1 Å². The highest BCUT2D eigenvalue weighted by Gasteiger charge is 2.29. The summed E-state index contributed by atoms with van der Waals surface area (Å²) in [6.45, 7) is 0.370. The smallest absolute Gasteiger partial charge is 0.409 e. The molecule has 1 aromatic heterocycles. The first-order valence-electron chi connectivity index (χ1n) is 8.66. The number of carboxylic acid groups (broad SMARTS) is 1. The molecule has 0 saturated carbocycles. The molecule has 0 bridgehead atoms. The van der Waals surface area contributed by atoms with E-state index < -0.39 is 12.1 Å². The average molecular weight is 395 g/mol. The van der Waals surface area contributed by atoms with Gasteiger partial charge in [-0.2, -0.15) is 0 Å². The van der Waals surface area contributed by atoms with Crippen LogP contribution in [0.25, 0.3) is 11.1 Å². The minimum absolute atomic E-state index is 0.00936. The van der Waals surface area contributed by atoms with Crippen LogP contribution in [-0.2, 0) is 11.3 Å². The second-order valence-corrected chi connectivity index (χ2v) is 7.53. The number of hydrogen-bond donors (Lipinski definition) is 1. The second-order valence-electron chi connectivity index (χ2n) is 6.47. The molecule has 8 heteroatoms. The van der Waals surface area contributed by atoms with Gasteiger partial charge >= 0.3 is 12.1 Å². The molecule has 1 N–H and O–H groups in total. The zero-order valence-electron chi connectivity index (χ0n) is 15.0. The van der Waals surface area contributed by atoms with E-state index in [0.29, 0.717) is 5.01 Å². The van der Waals surface area contributed by atoms with Crippen molar-refractivity contribution in [2.75, 3.05) is 13.7 Å². The summed E-state index contributed by atoms with van der Waals surface area (Å²) in [5, 5.41) is 16.6. The maximum atomic E-state index is 12.4. The largest absolute Gasteiger partial charge is 0.476 e. The molecule has 0 aliphatic heterocycles. The molecule has 4 rings (SSSR count). The first-order chi connectivity index (χ1) is 13.5. The molecule has 0 fully saturated rings. The number of aromatic nitrogens is 2. The molecule has 0 saturated heterocycles. The SMILES string of the molecule is CN(Cc1nnc(C(=O)O)s1)C(=O)OCC1c2ccccc2-c2ccccc21. The summed E-state index contributed by atoms with van der Waals surface area (Å²) in [6, 6.07) is 16.3. The fraction of sp³-hybridized carbons (Fsp3) is 0.200. The number of carbonyl (C=O) groups is 2. The van der Waals surface area contributed by atoms with Crippen LogP contribution in [0.5, 0.6) is 0 Å². The van der Waals surface area contributed by atoms with Crippen LogP contribution in [0.15, 0.2) is 48.5 Å². The van der Waals surface area contributed by atoms with Crippen molar-refractivity contribution >= 4 is 23.4 Å². The van der Waals surface area contributed by atoms with Crippen molar-refractivity contribution in [2.45, 2.75) is 12.5 Å². The summed E-state index contributed by atoms with van der Waals surface area (Å²) in [7, 11) is 1.58. The average Bonchev–Trinajstić information content (AvgIpc) is 3.29. The molecule has 142 valence electrons. The Balaban J connectivity index is 1.44. The van der Waals surface area contributed by atoms with Gasteiger partial charge in [-0.3, -0.25) is 0 Å². The van der Waals surface area contributed by atoms with Crippen LogP contribution in [-0.4, -0.2) is 45.9 Å². The van der Waals surface area contributed by atoms with Crippen LogP contribution in [0.1, 0.15) is 31.9 Å². The molecule has 0 spiro atoms. The number of rotatable bonds is 5. The highest BCUT2D eigenvalue weighted by molar-refractivity contribution is 7.13. The van der Waals surface area contributed by atoms with E-state index in [9.17, 15) is 9.59 Å². The summed E-state index contributed by atoms with van der Waals surface area (Å²) in [5.41, 5.74) is 4.63. The number of nitrogens with zero attached hydrogens (tertiary/aromatic N) is 3. The summed E-state index contributed by atoms with van der Waals surface area (Å²) in [6.07, 6.45) is -0.492. The summed E-state index contributed by atoms with van der Waals surface area (Å²) in [5.74, 6) is -1.14. The lowest BCUT2D eigenvalue weighted by Crippen LogP contribution is -2.28. The zero-order valence-corrected chi connectivity index (χ0v) is 15.8. The lowest BCUT2D eigenvalue weighted by molar-refractivity contribution is 0.0695. The quantitative estimate of drug-likeness (QED) is 0.709. The monoisotopic (exact) mass is 395 g/mol. The standard InChI is InChI=1S/C20H17N3O4S/c1-23(10-17-21-22-18(28-17)19(24)25)20(26)27-11-16-14-8-4-2-6-12(14)13-7-3-5-9-15(13)16/h2-9,16H,10-11H2,1H3,(H,24,25). The molecule has 1 amide bonds. The van der Waals surface area contributed by atoms with E-state index in [1.54, 1.807) is 7.05 Å². The highest BCUT2D eigenvalue weighted by atomic mass is 32.1. The number of carbonyl (C=O) groups excluding carboxylic acids is 1. The molecule has 0 unspecified atom stereocenters. The topological polar surface area (TPSA) is 92.6 Å². The molecule has 2 aromatic carbocycles. The highest BCUT2D eigenvalue weighted by Crippen LogP contribution is 2.44. The predicted molar refractivity (Wildman–Crippen MR) is 103 cm³/mol. The van der Waals surface area contributed by atoms with Gasteiger partial charge in [-0.05, 0) is 22.3 Å². The Labute approximate surface area is 165 Å². The lowest BCUT2D eigenvalue weighted by Gasteiger charge is -2.18. The Morgan fingerprint density at radius 2 is 1.68 bits per heavy atom. The van der Waals surface area contributed by atoms with Gasteiger partial charge in [0, 0.05) is 13.0 Å². The molecule has 28 heavy (non-hydrogen) atoms. The minimum Gasteiger partial charge on any atom is -0.476 e. The molecule has 7 nitrogen and oxygen atoms in total. The van der Waals surface area contributed by atoms with Gasteiger partial charge in [-0.1, -0.05) is 59.9 Å². The molecule has 1 aliphatic carbocycles. The fourth-order valence-electron chi connectivity index (χ4n) is 3.38. The van der Waals surface area contributed by atoms with Gasteiger partial charge in [0.15, 0.2) is 0 Å². The van der Waals surface area contributed by atoms with Crippen LogP contribution < -0.4 is 0 Å². The summed E-state index contributed by atoms with van der Waals surface area (Å²) in [4.78, 5) is 24.7. The molecular formula is C20H17N3O4S. The van der Waals surface area contributed by atoms with Gasteiger partial charge in [0.2, 0.25) is 5.01 Å². The Hall–Kier alpha value is -3.26. The molecular weight excluding hydrogens is 378 g/mol. The number of carboxylic acids is 1. The van der Waals surface area contributed by atoms with Gasteiger partial charge in [0.25, 0.3) is 0 Å². The molecule has 3 aromatic rings. The first-order valence-corrected chi connectivity index (χ1v) is 9.48. The van der Waals surface area contributed by atoms with Crippen LogP contribution in [0.3, 0.4) is 0 Å². The normalized spacial score (nSPS) is 12.3. The van der Waals surface area contributed by atoms with E-state index in [4.69, 9.17) is 9.84 Å². The number of ether oxygens (including phenoxy) is 1. The van der Waals surface area contributed by atoms with Crippen LogP contribution >= 0.6 is 11.3 Å². The van der Waals surface area contributed by atoms with E-state index in [1.165, 1.54) is 16.0 Å². The molecule has 0 atom stereocenters. The first kappa shape index (κ1) is 18.1. The second kappa shape index (κ2) is 7.40. The van der Waals surface area contributed by atoms with Crippen LogP contribution in [0.4, 0.5) is 4.79 Å². The predicted octanol–water partition coefficient (Wildman–Crippen LogP) is 3.62. The maximum Gasteiger partial charge on any atom is 0.409 e. The third-order valence-electron chi connectivity index (χ3n) is 4.67. The van der Waals surface area contributed by atoms with Crippen molar-refractivity contribution in [3.05, 3.63) is 69.7 Å². The fourth-order valence-corrected chi connectivity index (χ4v) is 4.11. The van der Waals surface area contributed by atoms with E-state index in [1.807, 2.05) is 24.3 Å². The minimum atomic E-state index is -1.13. The van der Waals surface area contributed by atoms with E-state index in [0.717, 1.165) is 22.5 Å². The van der Waals surface area contributed by atoms with Crippen LogP contribution in [0, 0.1) is 0 Å². The number of benzene rings is 2. The van der Waals surface area contributed by atoms with E-state index in [2.05, 4.69) is 34.5 Å². The Kier molecular flexibility index (Phi) is 4.79. The Bertz CT molecular complexity index is 1000. The molecule has 0 radical (unpaired) electrons. The summed E-state index contributed by atoms with van der Waals surface area (Å²) < 4.78 is 5.56. The van der Waals surface area contributed by atoms with Crippen molar-refractivity contribution in [2.24, 2.45) is 0 Å². The number of aromatic carboxylic acids is 1. The van der Waals surface area contributed by atoms with Gasteiger partial charge < -0.3 is 14.7 Å².